The number of aromatic nitrogens is 7. The Morgan fingerprint density at radius 2 is 1.79 bits per heavy atom. The van der Waals surface area contributed by atoms with E-state index in [4.69, 9.17) is 5.73 Å². The molecule has 4 aromatic heterocycles. The molecule has 0 saturated heterocycles. The van der Waals surface area contributed by atoms with Crippen molar-refractivity contribution in [3.8, 4) is 5.82 Å². The number of hydrogen-bond donors (Lipinski definition) is 2. The molecule has 11 nitrogen and oxygen atoms in total. The summed E-state index contributed by atoms with van der Waals surface area (Å²) in [6, 6.07) is 11.5. The number of ketones is 1. The van der Waals surface area contributed by atoms with Gasteiger partial charge in [0.1, 0.15) is 0 Å². The average Bonchev–Trinajstić information content (AvgIpc) is 3.24. The molecule has 0 aliphatic rings. The Morgan fingerprint density at radius 1 is 0.939 bits per heavy atom. The fraction of sp³-hybridized carbons (Fsp3) is 0. The number of hydrogen-bond acceptors (Lipinski definition) is 9. The van der Waals surface area contributed by atoms with Gasteiger partial charge in [-0.2, -0.15) is 10.1 Å². The van der Waals surface area contributed by atoms with Gasteiger partial charge in [-0.15, -0.1) is 0 Å². The van der Waals surface area contributed by atoms with Crippen LogP contribution in [0.3, 0.4) is 0 Å². The molecule has 160 valence electrons. The number of benzene rings is 1. The summed E-state index contributed by atoms with van der Waals surface area (Å²) in [5.74, 6) is -0.368. The van der Waals surface area contributed by atoms with Crippen LogP contribution in [0.25, 0.3) is 16.7 Å². The first kappa shape index (κ1) is 19.9. The topological polar surface area (TPSA) is 154 Å². The lowest BCUT2D eigenvalue weighted by Gasteiger charge is -2.04. The van der Waals surface area contributed by atoms with E-state index in [-0.39, 0.29) is 23.2 Å². The highest BCUT2D eigenvalue weighted by Gasteiger charge is 2.21. The Morgan fingerprint density at radius 3 is 2.55 bits per heavy atom. The average molecular weight is 437 g/mol. The van der Waals surface area contributed by atoms with Crippen LogP contribution in [0, 0.1) is 0 Å². The Labute approximate surface area is 186 Å². The number of carbonyl (C=O) groups excluding carboxylic acids is 2. The van der Waals surface area contributed by atoms with Crippen molar-refractivity contribution in [2.24, 2.45) is 0 Å². The smallest absolute Gasteiger partial charge is 0.276 e. The zero-order chi connectivity index (χ0) is 22.8. The van der Waals surface area contributed by atoms with Crippen LogP contribution in [0.2, 0.25) is 0 Å². The van der Waals surface area contributed by atoms with Gasteiger partial charge >= 0.3 is 0 Å². The van der Waals surface area contributed by atoms with E-state index in [0.717, 1.165) is 0 Å². The maximum Gasteiger partial charge on any atom is 0.276 e. The summed E-state index contributed by atoms with van der Waals surface area (Å²) < 4.78 is 1.44. The molecule has 0 aliphatic heterocycles. The first-order valence-electron chi connectivity index (χ1n) is 9.75. The van der Waals surface area contributed by atoms with E-state index in [0.29, 0.717) is 28.0 Å². The zero-order valence-electron chi connectivity index (χ0n) is 17.0. The predicted octanol–water partition coefficient (Wildman–Crippen LogP) is 2.07. The standard InChI is InChI=1S/C22H15N9O2/c23-22-27-10-6-17(29-22)31-16-11-13(19(32)20-25-8-2-9-26-20)4-5-15(16)18(30-31)21(33)28-14-3-1-7-24-12-14/h1-12H,(H,28,33)(H2,23,27,29). The van der Waals surface area contributed by atoms with Crippen molar-refractivity contribution < 1.29 is 9.59 Å². The van der Waals surface area contributed by atoms with Gasteiger partial charge in [0.15, 0.2) is 11.5 Å². The first-order valence-corrected chi connectivity index (χ1v) is 9.75. The number of nitrogen functional groups attached to an aromatic ring is 1. The molecular formula is C22H15N9O2. The van der Waals surface area contributed by atoms with Crippen LogP contribution in [-0.2, 0) is 0 Å². The number of carbonyl (C=O) groups is 2. The molecule has 5 rings (SSSR count). The van der Waals surface area contributed by atoms with E-state index in [9.17, 15) is 9.59 Å². The van der Waals surface area contributed by atoms with Crippen molar-refractivity contribution in [2.45, 2.75) is 0 Å². The van der Waals surface area contributed by atoms with Crippen molar-refractivity contribution in [3.63, 3.8) is 0 Å². The summed E-state index contributed by atoms with van der Waals surface area (Å²) in [6.45, 7) is 0. The molecule has 0 aliphatic carbocycles. The van der Waals surface area contributed by atoms with E-state index in [2.05, 4.69) is 35.3 Å². The monoisotopic (exact) mass is 437 g/mol. The van der Waals surface area contributed by atoms with Crippen LogP contribution in [0.15, 0.2) is 73.4 Å². The van der Waals surface area contributed by atoms with Crippen LogP contribution in [0.4, 0.5) is 11.6 Å². The van der Waals surface area contributed by atoms with Crippen molar-refractivity contribution in [3.05, 3.63) is 90.5 Å². The highest BCUT2D eigenvalue weighted by atomic mass is 16.2. The van der Waals surface area contributed by atoms with Crippen molar-refractivity contribution in [1.29, 1.82) is 0 Å². The van der Waals surface area contributed by atoms with Gasteiger partial charge in [-0.1, -0.05) is 6.07 Å². The maximum atomic E-state index is 13.0. The molecule has 3 N–H and O–H groups in total. The van der Waals surface area contributed by atoms with E-state index < -0.39 is 5.91 Å². The number of fused-ring (bicyclic) bond motifs is 1. The van der Waals surface area contributed by atoms with Gasteiger partial charge < -0.3 is 11.1 Å². The Balaban J connectivity index is 1.64. The molecular weight excluding hydrogens is 422 g/mol. The number of rotatable bonds is 5. The van der Waals surface area contributed by atoms with Gasteiger partial charge in [0.05, 0.1) is 17.4 Å². The van der Waals surface area contributed by atoms with Crippen molar-refractivity contribution in [2.75, 3.05) is 11.1 Å². The molecule has 0 fully saturated rings. The van der Waals surface area contributed by atoms with Gasteiger partial charge in [0, 0.05) is 41.8 Å². The lowest BCUT2D eigenvalue weighted by molar-refractivity contribution is 0.101. The number of nitrogens with two attached hydrogens (primary N) is 1. The minimum absolute atomic E-state index is 0.0439. The molecule has 0 bridgehead atoms. The lowest BCUT2D eigenvalue weighted by Crippen LogP contribution is -2.14. The zero-order valence-corrected chi connectivity index (χ0v) is 17.0. The predicted molar refractivity (Wildman–Crippen MR) is 119 cm³/mol. The highest BCUT2D eigenvalue weighted by Crippen LogP contribution is 2.25. The van der Waals surface area contributed by atoms with Crippen LogP contribution < -0.4 is 11.1 Å². The molecule has 1 amide bonds. The molecule has 11 heteroatoms. The highest BCUT2D eigenvalue weighted by molar-refractivity contribution is 6.13. The third-order valence-corrected chi connectivity index (χ3v) is 4.72. The van der Waals surface area contributed by atoms with Crippen LogP contribution in [0.5, 0.6) is 0 Å². The molecule has 4 heterocycles. The SMILES string of the molecule is Nc1nccc(-n2nc(C(=O)Nc3cccnc3)c3ccc(C(=O)c4ncccn4)cc32)n1. The Kier molecular flexibility index (Phi) is 4.96. The van der Waals surface area contributed by atoms with Crippen LogP contribution in [-0.4, -0.2) is 46.4 Å². The van der Waals surface area contributed by atoms with Gasteiger partial charge in [-0.25, -0.2) is 19.6 Å². The molecule has 0 radical (unpaired) electrons. The van der Waals surface area contributed by atoms with E-state index in [1.807, 2.05) is 0 Å². The van der Waals surface area contributed by atoms with E-state index in [1.165, 1.54) is 29.5 Å². The van der Waals surface area contributed by atoms with Gasteiger partial charge in [-0.05, 0) is 30.3 Å². The number of nitrogens with zero attached hydrogens (tertiary/aromatic N) is 7. The largest absolute Gasteiger partial charge is 0.368 e. The second-order valence-electron chi connectivity index (χ2n) is 6.86. The van der Waals surface area contributed by atoms with Crippen molar-refractivity contribution in [1.82, 2.24) is 34.7 Å². The summed E-state index contributed by atoms with van der Waals surface area (Å²) in [7, 11) is 0. The fourth-order valence-electron chi connectivity index (χ4n) is 3.25. The molecule has 0 unspecified atom stereocenters. The van der Waals surface area contributed by atoms with Crippen molar-refractivity contribution >= 4 is 34.2 Å². The summed E-state index contributed by atoms with van der Waals surface area (Å²) in [5.41, 5.74) is 7.21. The fourth-order valence-corrected chi connectivity index (χ4v) is 3.25. The third kappa shape index (κ3) is 3.85. The number of nitrogens with one attached hydrogen (secondary N) is 1. The third-order valence-electron chi connectivity index (χ3n) is 4.72. The number of amides is 1. The second kappa shape index (κ2) is 8.23. The second-order valence-corrected chi connectivity index (χ2v) is 6.86. The number of anilines is 2. The summed E-state index contributed by atoms with van der Waals surface area (Å²) >= 11 is 0. The molecule has 5 aromatic rings. The van der Waals surface area contributed by atoms with E-state index >= 15 is 0 Å². The number of pyridine rings is 1. The van der Waals surface area contributed by atoms with Crippen LogP contribution in [0.1, 0.15) is 26.7 Å². The minimum Gasteiger partial charge on any atom is -0.368 e. The minimum atomic E-state index is -0.445. The molecule has 0 atom stereocenters. The quantitative estimate of drug-likeness (QED) is 0.393. The van der Waals surface area contributed by atoms with Gasteiger partial charge in [0.25, 0.3) is 5.91 Å². The molecule has 33 heavy (non-hydrogen) atoms. The summed E-state index contributed by atoms with van der Waals surface area (Å²) in [5, 5.41) is 7.75. The Hall–Kier alpha value is -5.06. The Bertz CT molecular complexity index is 1480. The van der Waals surface area contributed by atoms with Gasteiger partial charge in [-0.3, -0.25) is 14.6 Å². The van der Waals surface area contributed by atoms with Crippen LogP contribution >= 0.6 is 0 Å². The lowest BCUT2D eigenvalue weighted by atomic mass is 10.1. The van der Waals surface area contributed by atoms with Gasteiger partial charge in [0.2, 0.25) is 17.6 Å². The summed E-state index contributed by atoms with van der Waals surface area (Å²) in [4.78, 5) is 46.0. The molecule has 0 saturated carbocycles. The van der Waals surface area contributed by atoms with E-state index in [1.54, 1.807) is 48.7 Å². The maximum absolute atomic E-state index is 13.0. The first-order chi connectivity index (χ1) is 16.1. The summed E-state index contributed by atoms with van der Waals surface area (Å²) in [6.07, 6.45) is 7.60. The normalized spacial score (nSPS) is 10.8. The molecule has 1 aromatic carbocycles. The molecule has 0 spiro atoms.